The molecule has 4 aromatic carbocycles. The van der Waals surface area contributed by atoms with Gasteiger partial charge in [-0.25, -0.2) is 4.98 Å². The van der Waals surface area contributed by atoms with E-state index in [1.54, 1.807) is 65.4 Å². The number of imidazole rings is 1. The van der Waals surface area contributed by atoms with Crippen LogP contribution in [0.25, 0.3) is 61.4 Å². The Bertz CT molecular complexity index is 2550. The van der Waals surface area contributed by atoms with Gasteiger partial charge in [0.05, 0.1) is 22.4 Å². The monoisotopic (exact) mass is 773 g/mol. The van der Waals surface area contributed by atoms with Crippen molar-refractivity contribution >= 4 is 33.1 Å². The molecule has 0 saturated carbocycles. The minimum absolute atomic E-state index is 0. The normalized spacial score (nSPS) is 15.4. The van der Waals surface area contributed by atoms with Crippen molar-refractivity contribution in [1.29, 1.82) is 0 Å². The first-order chi connectivity index (χ1) is 25.6. The van der Waals surface area contributed by atoms with E-state index in [0.29, 0.717) is 33.0 Å². The Hall–Kier alpha value is -4.90. The van der Waals surface area contributed by atoms with Crippen LogP contribution in [0.1, 0.15) is 44.6 Å². The fourth-order valence-corrected chi connectivity index (χ4v) is 5.18. The van der Waals surface area contributed by atoms with Gasteiger partial charge in [-0.1, -0.05) is 67.1 Å². The molecular weight excluding hydrogens is 733 g/mol. The molecule has 4 heterocycles. The molecule has 1 radical (unpaired) electrons. The van der Waals surface area contributed by atoms with Crippen LogP contribution in [0.3, 0.4) is 0 Å². The number of para-hydroxylation sites is 3. The quantitative estimate of drug-likeness (QED) is 0.167. The molecule has 5 nitrogen and oxygen atoms in total. The predicted molar refractivity (Wildman–Crippen MR) is 178 cm³/mol. The standard InChI is InChI=1S/C28H22N3O.C11H8N.Ir/c1-17(2)19-9-4-6-13-24(19)31-25-14-7-5-12-23(25)30-27(31)22-11-8-10-20-21-16-15-18(3)29-28(21)32-26(20)22;1-2-6-10(7-3-1)11-8-4-5-9-12-11;/h4-10,12-17H,1-3H3;1-6,8-9H;/q2*-1;/i1D3,2D3,3D3,17D;;. The molecular formula is C39H30IrN4O-2. The summed E-state index contributed by atoms with van der Waals surface area (Å²) in [6.07, 6.45) is 1.79. The maximum atomic E-state index is 8.93. The summed E-state index contributed by atoms with van der Waals surface area (Å²) in [4.78, 5) is 13.2. The van der Waals surface area contributed by atoms with E-state index in [-0.39, 0.29) is 48.6 Å². The summed E-state index contributed by atoms with van der Waals surface area (Å²) in [6, 6.07) is 39.5. The summed E-state index contributed by atoms with van der Waals surface area (Å²) < 4.78 is 88.4. The molecule has 0 aliphatic carbocycles. The first kappa shape index (κ1) is 20.2. The summed E-state index contributed by atoms with van der Waals surface area (Å²) in [5, 5.41) is 1.20. The number of aromatic nitrogens is 4. The number of hydrogen-bond donors (Lipinski definition) is 0. The van der Waals surface area contributed by atoms with Crippen molar-refractivity contribution in [3.8, 4) is 28.3 Å². The van der Waals surface area contributed by atoms with Crippen molar-refractivity contribution in [1.82, 2.24) is 19.5 Å². The zero-order chi connectivity index (χ0) is 38.5. The molecule has 8 rings (SSSR count). The van der Waals surface area contributed by atoms with Gasteiger partial charge in [0.2, 0.25) is 5.71 Å². The Morgan fingerprint density at radius 2 is 1.64 bits per heavy atom. The van der Waals surface area contributed by atoms with Crippen molar-refractivity contribution in [3.63, 3.8) is 0 Å². The average Bonchev–Trinajstić information content (AvgIpc) is 3.73. The van der Waals surface area contributed by atoms with Crippen molar-refractivity contribution in [3.05, 3.63) is 145 Å². The van der Waals surface area contributed by atoms with Crippen molar-refractivity contribution in [2.24, 2.45) is 0 Å². The minimum atomic E-state index is -3.21. The second-order valence-corrected chi connectivity index (χ2v) is 9.89. The first-order valence-electron chi connectivity index (χ1n) is 18.8. The SMILES string of the molecule is [2H]C([2H])([2H])c1ccc2c(n1)oc1c(-c3nc4ccccc4n3-c3ccccc3C([2H])(C([2H])([2H])[2H])C([2H])([2H])[2H])[c-]ccc12.[Ir].[c-]1ccccc1-c1ccccn1. The molecule has 0 fully saturated rings. The van der Waals surface area contributed by atoms with Crippen LogP contribution >= 0.6 is 0 Å². The van der Waals surface area contributed by atoms with E-state index in [9.17, 15) is 0 Å². The molecule has 223 valence electrons. The van der Waals surface area contributed by atoms with Gasteiger partial charge in [0.15, 0.2) is 0 Å². The van der Waals surface area contributed by atoms with Gasteiger partial charge < -0.3 is 14.0 Å². The Kier molecular flexibility index (Phi) is 5.83. The van der Waals surface area contributed by atoms with E-state index in [0.717, 1.165) is 11.3 Å². The molecule has 0 unspecified atom stereocenters. The Morgan fingerprint density at radius 1 is 0.800 bits per heavy atom. The van der Waals surface area contributed by atoms with Gasteiger partial charge in [-0.3, -0.25) is 4.98 Å². The number of pyridine rings is 2. The number of furan rings is 1. The van der Waals surface area contributed by atoms with Crippen molar-refractivity contribution in [2.45, 2.75) is 26.4 Å². The van der Waals surface area contributed by atoms with Gasteiger partial charge in [0, 0.05) is 56.8 Å². The first-order valence-corrected chi connectivity index (χ1v) is 13.8. The molecule has 0 bridgehead atoms. The van der Waals surface area contributed by atoms with E-state index in [1.807, 2.05) is 42.5 Å². The minimum Gasteiger partial charge on any atom is -0.486 e. The van der Waals surface area contributed by atoms with Gasteiger partial charge in [-0.2, -0.15) is 0 Å². The van der Waals surface area contributed by atoms with E-state index >= 15 is 0 Å². The summed E-state index contributed by atoms with van der Waals surface area (Å²) >= 11 is 0. The molecule has 0 atom stereocenters. The molecule has 0 N–H and O–H groups in total. The van der Waals surface area contributed by atoms with Gasteiger partial charge in [0.25, 0.3) is 0 Å². The van der Waals surface area contributed by atoms with Gasteiger partial charge >= 0.3 is 0 Å². The molecule has 0 spiro atoms. The largest absolute Gasteiger partial charge is 0.486 e. The third kappa shape index (κ3) is 5.83. The van der Waals surface area contributed by atoms with E-state index in [2.05, 4.69) is 22.1 Å². The van der Waals surface area contributed by atoms with Gasteiger partial charge in [-0.15, -0.1) is 54.1 Å². The van der Waals surface area contributed by atoms with Crippen LogP contribution in [0.4, 0.5) is 0 Å². The summed E-state index contributed by atoms with van der Waals surface area (Å²) in [5.41, 5.74) is 3.62. The molecule has 0 aliphatic heterocycles. The zero-order valence-electron chi connectivity index (χ0n) is 33.6. The van der Waals surface area contributed by atoms with E-state index < -0.39 is 26.4 Å². The number of benzene rings is 4. The summed E-state index contributed by atoms with van der Waals surface area (Å²) in [6.45, 7) is -8.85. The Balaban J connectivity index is 0.000000336. The molecule has 0 aliphatic rings. The smallest absolute Gasteiger partial charge is 0.216 e. The van der Waals surface area contributed by atoms with Crippen LogP contribution in [0, 0.1) is 19.0 Å². The van der Waals surface area contributed by atoms with Crippen molar-refractivity contribution in [2.75, 3.05) is 0 Å². The third-order valence-electron chi connectivity index (χ3n) is 7.15. The molecule has 8 aromatic rings. The van der Waals surface area contributed by atoms with Crippen LogP contribution < -0.4 is 0 Å². The second-order valence-electron chi connectivity index (χ2n) is 9.89. The van der Waals surface area contributed by atoms with E-state index in [1.165, 1.54) is 18.2 Å². The number of fused-ring (bicyclic) bond motifs is 4. The van der Waals surface area contributed by atoms with Crippen LogP contribution in [0.5, 0.6) is 0 Å². The topological polar surface area (TPSA) is 56.7 Å². The van der Waals surface area contributed by atoms with Gasteiger partial charge in [-0.05, 0) is 60.4 Å². The Morgan fingerprint density at radius 3 is 2.47 bits per heavy atom. The molecule has 4 aromatic heterocycles. The Labute approximate surface area is 290 Å². The van der Waals surface area contributed by atoms with Crippen LogP contribution in [0.2, 0.25) is 0 Å². The summed E-state index contributed by atoms with van der Waals surface area (Å²) in [5.74, 6) is -2.72. The van der Waals surface area contributed by atoms with Crippen LogP contribution in [-0.2, 0) is 20.1 Å². The van der Waals surface area contributed by atoms with Crippen LogP contribution in [-0.4, -0.2) is 19.5 Å². The fourth-order valence-electron chi connectivity index (χ4n) is 5.18. The number of rotatable bonds is 4. The van der Waals surface area contributed by atoms with Crippen molar-refractivity contribution < 1.29 is 38.2 Å². The maximum Gasteiger partial charge on any atom is 0.216 e. The molecule has 0 saturated heterocycles. The predicted octanol–water partition coefficient (Wildman–Crippen LogP) is 9.77. The number of hydrogen-bond acceptors (Lipinski definition) is 4. The second kappa shape index (κ2) is 13.0. The summed E-state index contributed by atoms with van der Waals surface area (Å²) in [7, 11) is 0. The van der Waals surface area contributed by atoms with E-state index in [4.69, 9.17) is 23.1 Å². The molecule has 45 heavy (non-hydrogen) atoms. The fraction of sp³-hybridized carbons (Fsp3) is 0.103. The third-order valence-corrected chi connectivity index (χ3v) is 7.15. The molecule has 6 heteroatoms. The van der Waals surface area contributed by atoms with Crippen LogP contribution in [0.15, 0.2) is 126 Å². The number of aryl methyl sites for hydroxylation is 1. The maximum absolute atomic E-state index is 8.93. The molecule has 0 amide bonds. The number of nitrogens with zero attached hydrogens (tertiary/aromatic N) is 4. The van der Waals surface area contributed by atoms with Gasteiger partial charge in [0.1, 0.15) is 0 Å². The zero-order valence-corrected chi connectivity index (χ0v) is 26.0. The average molecular weight is 773 g/mol.